The van der Waals surface area contributed by atoms with Gasteiger partial charge in [-0.1, -0.05) is 6.07 Å². The number of hydrogen-bond donors (Lipinski definition) is 1. The Morgan fingerprint density at radius 1 is 1.17 bits per heavy atom. The van der Waals surface area contributed by atoms with Crippen LogP contribution >= 0.6 is 0 Å². The van der Waals surface area contributed by atoms with E-state index in [0.29, 0.717) is 43.0 Å². The molecule has 0 aliphatic carbocycles. The van der Waals surface area contributed by atoms with E-state index in [1.54, 1.807) is 33.5 Å². The molecule has 0 saturated carbocycles. The highest BCUT2D eigenvalue weighted by Crippen LogP contribution is 2.28. The van der Waals surface area contributed by atoms with Gasteiger partial charge in [-0.3, -0.25) is 14.1 Å². The number of ether oxygens (including phenoxy) is 1. The van der Waals surface area contributed by atoms with Gasteiger partial charge in [0.25, 0.3) is 0 Å². The summed E-state index contributed by atoms with van der Waals surface area (Å²) in [6, 6.07) is 7.88. The summed E-state index contributed by atoms with van der Waals surface area (Å²) in [7, 11) is 1.73. The number of piperidine rings is 1. The molecule has 0 atom stereocenters. The largest absolute Gasteiger partial charge is 0.444 e. The van der Waals surface area contributed by atoms with Crippen molar-refractivity contribution in [2.24, 2.45) is 7.05 Å². The quantitative estimate of drug-likeness (QED) is 0.457. The van der Waals surface area contributed by atoms with Crippen LogP contribution in [0.3, 0.4) is 0 Å². The number of nitrogens with one attached hydrogen (secondary N) is 1. The zero-order chi connectivity index (χ0) is 25.6. The zero-order valence-electron chi connectivity index (χ0n) is 21.3. The Balaban J connectivity index is 1.42. The van der Waals surface area contributed by atoms with Crippen LogP contribution in [0.2, 0.25) is 0 Å². The smallest absolute Gasteiger partial charge is 0.410 e. The minimum Gasteiger partial charge on any atom is -0.444 e. The monoisotopic (exact) mass is 489 g/mol. The van der Waals surface area contributed by atoms with E-state index in [4.69, 9.17) is 9.72 Å². The van der Waals surface area contributed by atoms with Gasteiger partial charge in [-0.05, 0) is 64.3 Å². The van der Waals surface area contributed by atoms with Crippen molar-refractivity contribution in [3.8, 4) is 0 Å². The number of pyridine rings is 1. The molecule has 0 radical (unpaired) electrons. The number of nitrogens with zero attached hydrogens (tertiary/aromatic N) is 6. The van der Waals surface area contributed by atoms with Gasteiger partial charge >= 0.3 is 11.8 Å². The minimum atomic E-state index is -0.541. The molecule has 0 bridgehead atoms. The summed E-state index contributed by atoms with van der Waals surface area (Å²) in [6.07, 6.45) is 4.42. The average molecular weight is 490 g/mol. The maximum atomic E-state index is 13.2. The molecule has 1 N–H and O–H groups in total. The van der Waals surface area contributed by atoms with Crippen LogP contribution in [-0.4, -0.2) is 53.8 Å². The Morgan fingerprint density at radius 2 is 1.92 bits per heavy atom. The third-order valence-electron chi connectivity index (χ3n) is 6.51. The van der Waals surface area contributed by atoms with E-state index in [-0.39, 0.29) is 17.8 Å². The molecule has 1 aliphatic rings. The second-order valence-electron chi connectivity index (χ2n) is 10.3. The third-order valence-corrected chi connectivity index (χ3v) is 6.51. The van der Waals surface area contributed by atoms with Crippen molar-refractivity contribution in [2.45, 2.75) is 52.2 Å². The first-order valence-electron chi connectivity index (χ1n) is 12.1. The van der Waals surface area contributed by atoms with Crippen molar-refractivity contribution in [3.05, 3.63) is 52.7 Å². The van der Waals surface area contributed by atoms with Crippen LogP contribution in [0.5, 0.6) is 0 Å². The number of hydrogen-bond acceptors (Lipinski definition) is 7. The Morgan fingerprint density at radius 3 is 2.64 bits per heavy atom. The lowest BCUT2D eigenvalue weighted by Gasteiger charge is -2.33. The molecule has 1 amide bonds. The number of rotatable bonds is 3. The SMILES string of the molecule is Cc1cc2ncccc2cc1Nc1ncc2c(n1)n(C1CCN(C(=O)OC(C)(C)C)CC1)c(=O)n2C. The number of anilines is 2. The Hall–Kier alpha value is -3.95. The molecule has 10 heteroatoms. The summed E-state index contributed by atoms with van der Waals surface area (Å²) in [5, 5.41) is 4.33. The Labute approximate surface area is 208 Å². The highest BCUT2D eigenvalue weighted by molar-refractivity contribution is 5.85. The summed E-state index contributed by atoms with van der Waals surface area (Å²) < 4.78 is 8.82. The molecule has 1 aromatic carbocycles. The molecule has 0 unspecified atom stereocenters. The van der Waals surface area contributed by atoms with Crippen LogP contribution in [0.4, 0.5) is 16.4 Å². The van der Waals surface area contributed by atoms with Crippen molar-refractivity contribution in [1.82, 2.24) is 29.0 Å². The molecule has 0 spiro atoms. The lowest BCUT2D eigenvalue weighted by atomic mass is 10.1. The molecule has 5 rings (SSSR count). The predicted molar refractivity (Wildman–Crippen MR) is 139 cm³/mol. The van der Waals surface area contributed by atoms with Crippen LogP contribution in [0.15, 0.2) is 41.5 Å². The number of aromatic nitrogens is 5. The standard InChI is InChI=1S/C26H31N7O3/c1-16-13-20-17(7-6-10-27-20)14-19(16)29-23-28-15-21-22(30-23)33(24(34)31(21)5)18-8-11-32(12-9-18)25(35)36-26(2,3)4/h6-7,10,13-15,18H,8-9,11-12H2,1-5H3,(H,28,29,30). The number of carbonyl (C=O) groups excluding carboxylic acids is 1. The van der Waals surface area contributed by atoms with Gasteiger partial charge < -0.3 is 15.0 Å². The van der Waals surface area contributed by atoms with Gasteiger partial charge in [0.05, 0.1) is 11.7 Å². The average Bonchev–Trinajstić information content (AvgIpc) is 3.08. The molecule has 4 aromatic rings. The first-order chi connectivity index (χ1) is 17.1. The van der Waals surface area contributed by atoms with E-state index < -0.39 is 5.60 Å². The third kappa shape index (κ3) is 4.50. The van der Waals surface area contributed by atoms with E-state index >= 15 is 0 Å². The minimum absolute atomic E-state index is 0.0730. The predicted octanol–water partition coefficient (Wildman–Crippen LogP) is 4.30. The van der Waals surface area contributed by atoms with Crippen molar-refractivity contribution in [2.75, 3.05) is 18.4 Å². The fourth-order valence-corrected chi connectivity index (χ4v) is 4.64. The topological polar surface area (TPSA) is 107 Å². The van der Waals surface area contributed by atoms with Gasteiger partial charge in [0, 0.05) is 43.4 Å². The number of aryl methyl sites for hydroxylation is 2. The van der Waals surface area contributed by atoms with E-state index in [9.17, 15) is 9.59 Å². The fourth-order valence-electron chi connectivity index (χ4n) is 4.64. The van der Waals surface area contributed by atoms with E-state index in [2.05, 4.69) is 15.3 Å². The van der Waals surface area contributed by atoms with Crippen LogP contribution in [0, 0.1) is 6.92 Å². The molecule has 4 heterocycles. The number of benzene rings is 1. The molecule has 1 aliphatic heterocycles. The van der Waals surface area contributed by atoms with Crippen LogP contribution in [0.1, 0.15) is 45.2 Å². The van der Waals surface area contributed by atoms with Gasteiger partial charge in [0.1, 0.15) is 11.1 Å². The van der Waals surface area contributed by atoms with Gasteiger partial charge in [-0.25, -0.2) is 14.6 Å². The number of likely N-dealkylation sites (tertiary alicyclic amines) is 1. The molecule has 36 heavy (non-hydrogen) atoms. The van der Waals surface area contributed by atoms with E-state index in [1.165, 1.54) is 0 Å². The summed E-state index contributed by atoms with van der Waals surface area (Å²) in [6.45, 7) is 8.61. The van der Waals surface area contributed by atoms with Gasteiger partial charge in [-0.2, -0.15) is 4.98 Å². The molecule has 1 fully saturated rings. The van der Waals surface area contributed by atoms with E-state index in [1.807, 2.05) is 52.0 Å². The van der Waals surface area contributed by atoms with Crippen LogP contribution in [0.25, 0.3) is 22.1 Å². The summed E-state index contributed by atoms with van der Waals surface area (Å²) in [5.74, 6) is 0.416. The molecule has 188 valence electrons. The number of imidazole rings is 1. The van der Waals surface area contributed by atoms with Crippen molar-refractivity contribution in [3.63, 3.8) is 0 Å². The first kappa shape index (κ1) is 23.8. The fraction of sp³-hybridized carbons (Fsp3) is 0.423. The molecule has 1 saturated heterocycles. The van der Waals surface area contributed by atoms with Gasteiger partial charge in [0.15, 0.2) is 5.65 Å². The lowest BCUT2D eigenvalue weighted by Crippen LogP contribution is -2.43. The normalized spacial score (nSPS) is 15.0. The van der Waals surface area contributed by atoms with Gasteiger partial charge in [0.2, 0.25) is 5.95 Å². The second kappa shape index (κ2) is 8.92. The maximum absolute atomic E-state index is 13.2. The molecular weight excluding hydrogens is 458 g/mol. The highest BCUT2D eigenvalue weighted by Gasteiger charge is 2.30. The molecule has 10 nitrogen and oxygen atoms in total. The summed E-state index contributed by atoms with van der Waals surface area (Å²) >= 11 is 0. The van der Waals surface area contributed by atoms with Crippen molar-refractivity contribution >= 4 is 39.8 Å². The Bertz CT molecular complexity index is 1510. The maximum Gasteiger partial charge on any atom is 0.410 e. The Kier molecular flexibility index (Phi) is 5.89. The van der Waals surface area contributed by atoms with Crippen molar-refractivity contribution in [1.29, 1.82) is 0 Å². The summed E-state index contributed by atoms with van der Waals surface area (Å²) in [4.78, 5) is 41.0. The van der Waals surface area contributed by atoms with Crippen LogP contribution < -0.4 is 11.0 Å². The first-order valence-corrected chi connectivity index (χ1v) is 12.1. The highest BCUT2D eigenvalue weighted by atomic mass is 16.6. The van der Waals surface area contributed by atoms with Crippen LogP contribution in [-0.2, 0) is 11.8 Å². The molecular formula is C26H31N7O3. The lowest BCUT2D eigenvalue weighted by molar-refractivity contribution is 0.0188. The van der Waals surface area contributed by atoms with Crippen molar-refractivity contribution < 1.29 is 9.53 Å². The zero-order valence-corrected chi connectivity index (χ0v) is 21.3. The van der Waals surface area contributed by atoms with E-state index in [0.717, 1.165) is 22.2 Å². The number of fused-ring (bicyclic) bond motifs is 2. The second-order valence-corrected chi connectivity index (χ2v) is 10.3. The number of carbonyl (C=O) groups is 1. The van der Waals surface area contributed by atoms with Gasteiger partial charge in [-0.15, -0.1) is 0 Å². The molecule has 3 aromatic heterocycles. The number of amides is 1. The summed E-state index contributed by atoms with van der Waals surface area (Å²) in [5.41, 5.74) is 3.39.